The summed E-state index contributed by atoms with van der Waals surface area (Å²) in [6, 6.07) is 9.52. The summed E-state index contributed by atoms with van der Waals surface area (Å²) in [4.78, 5) is 51.6. The highest BCUT2D eigenvalue weighted by Crippen LogP contribution is 2.33. The van der Waals surface area contributed by atoms with Crippen LogP contribution in [0.1, 0.15) is 79.4 Å². The number of hydrogen-bond donors (Lipinski definition) is 1. The molecule has 0 radical (unpaired) electrons. The molecule has 214 valence electrons. The van der Waals surface area contributed by atoms with Gasteiger partial charge in [0.1, 0.15) is 22.8 Å². The number of esters is 3. The standard InChI is InChI=1S/C30H41NO8/c1-28(2,3)37-25(33)23(26(34)38-29(4,5)6)21-16-15-18(19-13-11-12-14-20(19)21)17-22(24(32)36-10)31-27(35)39-30(7,8)9/h11-16,22-23H,17H2,1-10H3,(H,31,35)/t22-/m0/s1. The minimum Gasteiger partial charge on any atom is -0.467 e. The number of carbonyl (C=O) groups excluding carboxylic acids is 4. The fourth-order valence-electron chi connectivity index (χ4n) is 3.89. The molecule has 1 amide bonds. The molecule has 0 fully saturated rings. The van der Waals surface area contributed by atoms with Crippen LogP contribution in [0.15, 0.2) is 36.4 Å². The van der Waals surface area contributed by atoms with E-state index in [9.17, 15) is 19.2 Å². The molecule has 0 aromatic heterocycles. The van der Waals surface area contributed by atoms with Crippen LogP contribution < -0.4 is 5.32 Å². The van der Waals surface area contributed by atoms with Gasteiger partial charge < -0.3 is 24.3 Å². The predicted molar refractivity (Wildman–Crippen MR) is 147 cm³/mol. The summed E-state index contributed by atoms with van der Waals surface area (Å²) in [7, 11) is 1.24. The lowest BCUT2D eigenvalue weighted by molar-refractivity contribution is -0.169. The van der Waals surface area contributed by atoms with Gasteiger partial charge >= 0.3 is 24.0 Å². The summed E-state index contributed by atoms with van der Waals surface area (Å²) in [5.41, 5.74) is -1.31. The Bertz CT molecular complexity index is 1190. The number of ether oxygens (including phenoxy) is 4. The van der Waals surface area contributed by atoms with Crippen LogP contribution in [0.25, 0.3) is 10.8 Å². The van der Waals surface area contributed by atoms with Crippen molar-refractivity contribution in [3.05, 3.63) is 47.5 Å². The van der Waals surface area contributed by atoms with E-state index in [0.717, 1.165) is 0 Å². The average Bonchev–Trinajstić information content (AvgIpc) is 2.75. The first kappa shape index (κ1) is 31.6. The Labute approximate surface area is 230 Å². The van der Waals surface area contributed by atoms with Crippen molar-refractivity contribution in [3.63, 3.8) is 0 Å². The van der Waals surface area contributed by atoms with Gasteiger partial charge in [0.05, 0.1) is 7.11 Å². The van der Waals surface area contributed by atoms with Crippen LogP contribution in [-0.4, -0.2) is 54.0 Å². The van der Waals surface area contributed by atoms with Crippen molar-refractivity contribution in [3.8, 4) is 0 Å². The van der Waals surface area contributed by atoms with E-state index < -0.39 is 52.8 Å². The first-order chi connectivity index (χ1) is 17.8. The second kappa shape index (κ2) is 12.1. The molecule has 1 atom stereocenters. The number of nitrogens with one attached hydrogen (secondary N) is 1. The smallest absolute Gasteiger partial charge is 0.408 e. The fourth-order valence-corrected chi connectivity index (χ4v) is 3.89. The Balaban J connectivity index is 2.58. The van der Waals surface area contributed by atoms with Gasteiger partial charge in [-0.25, -0.2) is 9.59 Å². The molecule has 0 aliphatic heterocycles. The van der Waals surface area contributed by atoms with E-state index in [-0.39, 0.29) is 6.42 Å². The molecular formula is C30H41NO8. The van der Waals surface area contributed by atoms with E-state index in [4.69, 9.17) is 18.9 Å². The number of hydrogen-bond acceptors (Lipinski definition) is 8. The molecule has 2 aromatic rings. The number of amides is 1. The summed E-state index contributed by atoms with van der Waals surface area (Å²) in [5, 5.41) is 3.87. The van der Waals surface area contributed by atoms with E-state index in [1.54, 1.807) is 92.6 Å². The molecule has 2 rings (SSSR count). The second-order valence-electron chi connectivity index (χ2n) is 12.3. The lowest BCUT2D eigenvalue weighted by Crippen LogP contribution is -2.45. The summed E-state index contributed by atoms with van der Waals surface area (Å²) in [6.45, 7) is 15.5. The molecule has 9 heteroatoms. The van der Waals surface area contributed by atoms with Gasteiger partial charge in [0, 0.05) is 6.42 Å². The van der Waals surface area contributed by atoms with Gasteiger partial charge in [-0.05, 0) is 84.2 Å². The molecule has 1 N–H and O–H groups in total. The third-order valence-electron chi connectivity index (χ3n) is 5.24. The first-order valence-corrected chi connectivity index (χ1v) is 12.8. The van der Waals surface area contributed by atoms with Gasteiger partial charge in [-0.2, -0.15) is 0 Å². The zero-order chi connectivity index (χ0) is 29.8. The van der Waals surface area contributed by atoms with Crippen molar-refractivity contribution < 1.29 is 38.1 Å². The van der Waals surface area contributed by atoms with Gasteiger partial charge in [0.2, 0.25) is 0 Å². The maximum atomic E-state index is 13.3. The first-order valence-electron chi connectivity index (χ1n) is 12.8. The van der Waals surface area contributed by atoms with E-state index in [2.05, 4.69) is 5.32 Å². The van der Waals surface area contributed by atoms with Crippen LogP contribution >= 0.6 is 0 Å². The van der Waals surface area contributed by atoms with Crippen LogP contribution in [0.3, 0.4) is 0 Å². The van der Waals surface area contributed by atoms with Gasteiger partial charge in [0.25, 0.3) is 0 Å². The summed E-state index contributed by atoms with van der Waals surface area (Å²) >= 11 is 0. The van der Waals surface area contributed by atoms with Gasteiger partial charge in [-0.15, -0.1) is 0 Å². The van der Waals surface area contributed by atoms with Crippen LogP contribution in [-0.2, 0) is 39.8 Å². The van der Waals surface area contributed by atoms with Gasteiger partial charge in [0.15, 0.2) is 5.92 Å². The summed E-state index contributed by atoms with van der Waals surface area (Å²) in [6.07, 6.45) is -0.676. The molecule has 0 aliphatic rings. The average molecular weight is 544 g/mol. The topological polar surface area (TPSA) is 117 Å². The van der Waals surface area contributed by atoms with Crippen LogP contribution in [0, 0.1) is 0 Å². The molecule has 0 saturated carbocycles. The van der Waals surface area contributed by atoms with Crippen LogP contribution in [0.5, 0.6) is 0 Å². The highest BCUT2D eigenvalue weighted by atomic mass is 16.6. The highest BCUT2D eigenvalue weighted by molar-refractivity contribution is 6.05. The molecule has 0 heterocycles. The third-order valence-corrected chi connectivity index (χ3v) is 5.24. The van der Waals surface area contributed by atoms with Crippen molar-refractivity contribution in [1.29, 1.82) is 0 Å². The number of fused-ring (bicyclic) bond motifs is 1. The highest BCUT2D eigenvalue weighted by Gasteiger charge is 2.37. The van der Waals surface area contributed by atoms with Gasteiger partial charge in [-0.1, -0.05) is 36.4 Å². The molecule has 9 nitrogen and oxygen atoms in total. The quantitative estimate of drug-likeness (QED) is 0.287. The normalized spacial score (nSPS) is 13.0. The molecule has 0 bridgehead atoms. The number of rotatable bonds is 7. The van der Waals surface area contributed by atoms with Crippen molar-refractivity contribution in [2.24, 2.45) is 0 Å². The Morgan fingerprint density at radius 1 is 0.692 bits per heavy atom. The zero-order valence-electron chi connectivity index (χ0n) is 24.6. The van der Waals surface area contributed by atoms with Crippen molar-refractivity contribution >= 4 is 34.8 Å². The maximum Gasteiger partial charge on any atom is 0.408 e. The molecule has 0 aliphatic carbocycles. The molecular weight excluding hydrogens is 502 g/mol. The Hall–Kier alpha value is -3.62. The minimum atomic E-state index is -1.33. The van der Waals surface area contributed by atoms with E-state index in [1.165, 1.54) is 7.11 Å². The van der Waals surface area contributed by atoms with E-state index in [0.29, 0.717) is 21.9 Å². The second-order valence-corrected chi connectivity index (χ2v) is 12.3. The van der Waals surface area contributed by atoms with E-state index in [1.807, 2.05) is 6.07 Å². The van der Waals surface area contributed by atoms with Crippen molar-refractivity contribution in [2.45, 2.75) is 97.5 Å². The van der Waals surface area contributed by atoms with Crippen LogP contribution in [0.2, 0.25) is 0 Å². The monoisotopic (exact) mass is 543 g/mol. The lowest BCUT2D eigenvalue weighted by Gasteiger charge is -2.27. The molecule has 2 aromatic carbocycles. The Kier molecular flexibility index (Phi) is 9.76. The van der Waals surface area contributed by atoms with Crippen molar-refractivity contribution in [1.82, 2.24) is 5.32 Å². The Morgan fingerprint density at radius 3 is 1.64 bits per heavy atom. The number of benzene rings is 2. The van der Waals surface area contributed by atoms with Gasteiger partial charge in [-0.3, -0.25) is 9.59 Å². The maximum absolute atomic E-state index is 13.3. The lowest BCUT2D eigenvalue weighted by atomic mass is 9.89. The zero-order valence-corrected chi connectivity index (χ0v) is 24.6. The SMILES string of the molecule is COC(=O)[C@H](Cc1ccc(C(C(=O)OC(C)(C)C)C(=O)OC(C)(C)C)c2ccccc12)NC(=O)OC(C)(C)C. The molecule has 0 saturated heterocycles. The molecule has 0 spiro atoms. The summed E-state index contributed by atoms with van der Waals surface area (Å²) < 4.78 is 21.4. The minimum absolute atomic E-state index is 0.0796. The predicted octanol–water partition coefficient (Wildman–Crippen LogP) is 5.22. The number of alkyl carbamates (subject to hydrolysis) is 1. The number of carbonyl (C=O) groups is 4. The third kappa shape index (κ3) is 9.57. The van der Waals surface area contributed by atoms with Crippen molar-refractivity contribution in [2.75, 3.05) is 7.11 Å². The van der Waals surface area contributed by atoms with E-state index >= 15 is 0 Å². The molecule has 39 heavy (non-hydrogen) atoms. The largest absolute Gasteiger partial charge is 0.467 e. The molecule has 0 unspecified atom stereocenters. The fraction of sp³-hybridized carbons (Fsp3) is 0.533. The van der Waals surface area contributed by atoms with Crippen LogP contribution in [0.4, 0.5) is 4.79 Å². The number of methoxy groups -OCH3 is 1. The Morgan fingerprint density at radius 2 is 1.18 bits per heavy atom. The summed E-state index contributed by atoms with van der Waals surface area (Å²) in [5.74, 6) is -3.43.